The number of carboxylic acid groups (broad SMARTS) is 1. The molecule has 0 saturated carbocycles. The van der Waals surface area contributed by atoms with Crippen molar-refractivity contribution < 1.29 is 14.7 Å². The van der Waals surface area contributed by atoms with Gasteiger partial charge < -0.3 is 10.8 Å². The maximum absolute atomic E-state index is 11.1. The maximum Gasteiger partial charge on any atom is 0.308 e. The number of hydrogen-bond acceptors (Lipinski definition) is 3. The van der Waals surface area contributed by atoms with Crippen molar-refractivity contribution in [1.29, 1.82) is 0 Å². The molecule has 1 amide bonds. The molecule has 20 heavy (non-hydrogen) atoms. The van der Waals surface area contributed by atoms with Gasteiger partial charge in [0.1, 0.15) is 0 Å². The maximum atomic E-state index is 11.1. The van der Waals surface area contributed by atoms with Crippen LogP contribution in [0.5, 0.6) is 0 Å². The fourth-order valence-electron chi connectivity index (χ4n) is 2.79. The van der Waals surface area contributed by atoms with Crippen molar-refractivity contribution in [2.24, 2.45) is 17.6 Å². The van der Waals surface area contributed by atoms with Crippen LogP contribution in [0.25, 0.3) is 0 Å². The first-order valence-electron chi connectivity index (χ1n) is 6.73. The fraction of sp³-hybridized carbons (Fsp3) is 0.467. The van der Waals surface area contributed by atoms with Crippen LogP contribution in [-0.4, -0.2) is 35.0 Å². The number of hydrogen-bond donors (Lipinski definition) is 2. The summed E-state index contributed by atoms with van der Waals surface area (Å²) in [6.45, 7) is 5.98. The van der Waals surface area contributed by atoms with Crippen LogP contribution in [0.4, 0.5) is 0 Å². The number of primary amides is 1. The molecule has 1 aromatic rings. The zero-order valence-electron chi connectivity index (χ0n) is 11.8. The highest BCUT2D eigenvalue weighted by atomic mass is 16.4. The van der Waals surface area contributed by atoms with Gasteiger partial charge in [-0.3, -0.25) is 14.5 Å². The monoisotopic (exact) mass is 276 g/mol. The van der Waals surface area contributed by atoms with E-state index in [1.54, 1.807) is 12.1 Å². The van der Waals surface area contributed by atoms with Crippen LogP contribution in [0.3, 0.4) is 0 Å². The van der Waals surface area contributed by atoms with Gasteiger partial charge in [-0.1, -0.05) is 13.0 Å². The summed E-state index contributed by atoms with van der Waals surface area (Å²) in [4.78, 5) is 24.4. The van der Waals surface area contributed by atoms with Crippen LogP contribution < -0.4 is 5.73 Å². The van der Waals surface area contributed by atoms with E-state index in [-0.39, 0.29) is 11.8 Å². The van der Waals surface area contributed by atoms with Gasteiger partial charge in [-0.05, 0) is 36.1 Å². The van der Waals surface area contributed by atoms with E-state index >= 15 is 0 Å². The Hall–Kier alpha value is -1.88. The molecule has 0 aromatic heterocycles. The molecule has 2 rings (SSSR count). The summed E-state index contributed by atoms with van der Waals surface area (Å²) in [7, 11) is 0. The highest BCUT2D eigenvalue weighted by molar-refractivity contribution is 5.93. The van der Waals surface area contributed by atoms with Gasteiger partial charge in [0, 0.05) is 25.2 Å². The molecule has 5 heteroatoms. The van der Waals surface area contributed by atoms with E-state index < -0.39 is 11.9 Å². The van der Waals surface area contributed by atoms with Crippen LogP contribution in [-0.2, 0) is 11.3 Å². The van der Waals surface area contributed by atoms with E-state index in [1.165, 1.54) is 0 Å². The zero-order chi connectivity index (χ0) is 14.9. The summed E-state index contributed by atoms with van der Waals surface area (Å²) in [5.41, 5.74) is 7.87. The van der Waals surface area contributed by atoms with Gasteiger partial charge in [0.15, 0.2) is 0 Å². The number of carbonyl (C=O) groups is 2. The van der Waals surface area contributed by atoms with Crippen molar-refractivity contribution in [2.75, 3.05) is 13.1 Å². The Bertz CT molecular complexity index is 542. The minimum atomic E-state index is -0.721. The third-order valence-corrected chi connectivity index (χ3v) is 4.03. The lowest BCUT2D eigenvalue weighted by Crippen LogP contribution is -2.23. The van der Waals surface area contributed by atoms with Gasteiger partial charge in [-0.2, -0.15) is 0 Å². The summed E-state index contributed by atoms with van der Waals surface area (Å²) >= 11 is 0. The molecule has 108 valence electrons. The molecular formula is C15H20N2O3. The third-order valence-electron chi connectivity index (χ3n) is 4.03. The highest BCUT2D eigenvalue weighted by Gasteiger charge is 2.34. The summed E-state index contributed by atoms with van der Waals surface area (Å²) < 4.78 is 0. The van der Waals surface area contributed by atoms with Crippen LogP contribution in [0, 0.1) is 18.8 Å². The van der Waals surface area contributed by atoms with E-state index in [4.69, 9.17) is 10.8 Å². The molecule has 0 bridgehead atoms. The summed E-state index contributed by atoms with van der Waals surface area (Å²) in [5.74, 6) is -1.28. The lowest BCUT2D eigenvalue weighted by atomic mass is 9.99. The smallest absolute Gasteiger partial charge is 0.308 e. The van der Waals surface area contributed by atoms with Crippen molar-refractivity contribution in [2.45, 2.75) is 20.4 Å². The molecule has 1 saturated heterocycles. The van der Waals surface area contributed by atoms with Crippen LogP contribution >= 0.6 is 0 Å². The van der Waals surface area contributed by atoms with E-state index in [9.17, 15) is 9.59 Å². The minimum absolute atomic E-state index is 0.165. The van der Waals surface area contributed by atoms with Gasteiger partial charge in [-0.15, -0.1) is 0 Å². The third kappa shape index (κ3) is 2.99. The number of carboxylic acids is 1. The molecule has 5 nitrogen and oxygen atoms in total. The number of nitrogens with zero attached hydrogens (tertiary/aromatic N) is 1. The van der Waals surface area contributed by atoms with Gasteiger partial charge in [0.25, 0.3) is 0 Å². The molecule has 0 unspecified atom stereocenters. The number of nitrogens with two attached hydrogens (primary N) is 1. The van der Waals surface area contributed by atoms with Crippen LogP contribution in [0.15, 0.2) is 18.2 Å². The second-order valence-corrected chi connectivity index (χ2v) is 5.62. The van der Waals surface area contributed by atoms with E-state index in [0.29, 0.717) is 18.7 Å². The van der Waals surface area contributed by atoms with Gasteiger partial charge >= 0.3 is 5.97 Å². The number of carbonyl (C=O) groups excluding carboxylic acids is 1. The van der Waals surface area contributed by atoms with Crippen LogP contribution in [0.1, 0.15) is 28.4 Å². The number of likely N-dealkylation sites (tertiary alicyclic amines) is 1. The molecule has 0 aliphatic carbocycles. The molecule has 3 N–H and O–H groups in total. The highest BCUT2D eigenvalue weighted by Crippen LogP contribution is 2.25. The summed E-state index contributed by atoms with van der Waals surface area (Å²) in [5, 5.41) is 9.14. The first kappa shape index (κ1) is 14.5. The van der Waals surface area contributed by atoms with Crippen molar-refractivity contribution in [3.05, 3.63) is 34.9 Å². The Morgan fingerprint density at radius 2 is 2.10 bits per heavy atom. The molecule has 0 spiro atoms. The summed E-state index contributed by atoms with van der Waals surface area (Å²) in [6, 6.07) is 5.40. The molecule has 1 aromatic carbocycles. The standard InChI is InChI=1S/C15H20N2O3/c1-9-5-11(14(16)18)3-4-12(9)7-17-6-10(2)13(8-17)15(19)20/h3-5,10,13H,6-8H2,1-2H3,(H2,16,18)(H,19,20)/t10-,13-/m1/s1. The Kier molecular flexibility index (Phi) is 4.09. The first-order chi connectivity index (χ1) is 9.38. The number of amides is 1. The first-order valence-corrected chi connectivity index (χ1v) is 6.73. The summed E-state index contributed by atoms with van der Waals surface area (Å²) in [6.07, 6.45) is 0. The molecule has 2 atom stereocenters. The van der Waals surface area contributed by atoms with Gasteiger partial charge in [0.2, 0.25) is 5.91 Å². The normalized spacial score (nSPS) is 22.9. The van der Waals surface area contributed by atoms with E-state index in [2.05, 4.69) is 4.90 Å². The van der Waals surface area contributed by atoms with Gasteiger partial charge in [-0.25, -0.2) is 0 Å². The average Bonchev–Trinajstić information content (AvgIpc) is 2.73. The minimum Gasteiger partial charge on any atom is -0.481 e. The van der Waals surface area contributed by atoms with E-state index in [1.807, 2.05) is 19.9 Å². The lowest BCUT2D eigenvalue weighted by molar-refractivity contribution is -0.142. The zero-order valence-corrected chi connectivity index (χ0v) is 11.8. The Morgan fingerprint density at radius 1 is 1.40 bits per heavy atom. The molecule has 0 radical (unpaired) electrons. The van der Waals surface area contributed by atoms with Crippen molar-refractivity contribution in [3.63, 3.8) is 0 Å². The largest absolute Gasteiger partial charge is 0.481 e. The number of rotatable bonds is 4. The van der Waals surface area contributed by atoms with E-state index in [0.717, 1.165) is 17.7 Å². The second kappa shape index (κ2) is 5.63. The molecule has 1 aliphatic rings. The number of aryl methyl sites for hydroxylation is 1. The predicted octanol–water partition coefficient (Wildman–Crippen LogP) is 1.25. The molecule has 1 heterocycles. The lowest BCUT2D eigenvalue weighted by Gasteiger charge is -2.17. The Morgan fingerprint density at radius 3 is 2.60 bits per heavy atom. The van der Waals surface area contributed by atoms with Crippen LogP contribution in [0.2, 0.25) is 0 Å². The number of benzene rings is 1. The van der Waals surface area contributed by atoms with Crippen molar-refractivity contribution >= 4 is 11.9 Å². The fourth-order valence-corrected chi connectivity index (χ4v) is 2.79. The average molecular weight is 276 g/mol. The second-order valence-electron chi connectivity index (χ2n) is 5.62. The quantitative estimate of drug-likeness (QED) is 0.866. The molecule has 1 fully saturated rings. The van der Waals surface area contributed by atoms with Crippen molar-refractivity contribution in [1.82, 2.24) is 4.90 Å². The predicted molar refractivity (Wildman–Crippen MR) is 75.3 cm³/mol. The van der Waals surface area contributed by atoms with Crippen molar-refractivity contribution in [3.8, 4) is 0 Å². The topological polar surface area (TPSA) is 83.6 Å². The molecule has 1 aliphatic heterocycles. The van der Waals surface area contributed by atoms with Gasteiger partial charge in [0.05, 0.1) is 5.92 Å². The molecular weight excluding hydrogens is 256 g/mol. The Labute approximate surface area is 118 Å². The SMILES string of the molecule is Cc1cc(C(N)=O)ccc1CN1C[C@@H](C)[C@H](C(=O)O)C1. The Balaban J connectivity index is 2.08. The number of aliphatic carboxylic acids is 1.